The van der Waals surface area contributed by atoms with Crippen LogP contribution < -0.4 is 4.72 Å². The highest BCUT2D eigenvalue weighted by Crippen LogP contribution is 2.26. The van der Waals surface area contributed by atoms with Crippen molar-refractivity contribution >= 4 is 10.0 Å². The van der Waals surface area contributed by atoms with Crippen LogP contribution >= 0.6 is 0 Å². The summed E-state index contributed by atoms with van der Waals surface area (Å²) in [6.07, 6.45) is 1.00. The molecule has 0 aromatic carbocycles. The summed E-state index contributed by atoms with van der Waals surface area (Å²) >= 11 is 0. The Morgan fingerprint density at radius 2 is 2.21 bits per heavy atom. The minimum atomic E-state index is -3.49. The second kappa shape index (κ2) is 4.26. The zero-order valence-corrected chi connectivity index (χ0v) is 8.79. The molecule has 0 saturated heterocycles. The first-order valence-electron chi connectivity index (χ1n) is 4.52. The fraction of sp³-hybridized carbons (Fsp3) is 0.875. The first kappa shape index (κ1) is 11.4. The predicted molar refractivity (Wildman–Crippen MR) is 50.7 cm³/mol. The highest BCUT2D eigenvalue weighted by molar-refractivity contribution is 7.90. The van der Waals surface area contributed by atoms with Crippen molar-refractivity contribution in [2.75, 3.05) is 6.54 Å². The number of hydrogen-bond acceptors (Lipinski definition) is 4. The van der Waals surface area contributed by atoms with Crippen molar-refractivity contribution < 1.29 is 13.5 Å². The van der Waals surface area contributed by atoms with Crippen molar-refractivity contribution in [3.63, 3.8) is 0 Å². The van der Waals surface area contributed by atoms with Crippen molar-refractivity contribution in [3.05, 3.63) is 0 Å². The standard InChI is InChI=1S/C8H14N2O3S/c1-6(4-9)14(12,13)10-5-7-2-8(11)3-7/h6-8,10-11H,2-3,5H2,1H3. The molecule has 1 aliphatic rings. The maximum absolute atomic E-state index is 11.3. The molecule has 0 aromatic heterocycles. The second-order valence-electron chi connectivity index (χ2n) is 3.66. The molecule has 1 aliphatic carbocycles. The molecule has 0 heterocycles. The van der Waals surface area contributed by atoms with Gasteiger partial charge in [-0.05, 0) is 25.7 Å². The van der Waals surface area contributed by atoms with Gasteiger partial charge in [0.2, 0.25) is 10.0 Å². The predicted octanol–water partition coefficient (Wildman–Crippen LogP) is -0.411. The third-order valence-corrected chi connectivity index (χ3v) is 4.04. The molecule has 0 amide bonds. The van der Waals surface area contributed by atoms with Crippen molar-refractivity contribution in [1.29, 1.82) is 5.26 Å². The van der Waals surface area contributed by atoms with Crippen LogP contribution in [-0.4, -0.2) is 31.4 Å². The summed E-state index contributed by atoms with van der Waals surface area (Å²) < 4.78 is 25.0. The van der Waals surface area contributed by atoms with E-state index in [0.717, 1.165) is 0 Å². The molecule has 1 rings (SSSR count). The van der Waals surface area contributed by atoms with Gasteiger partial charge in [-0.15, -0.1) is 0 Å². The van der Waals surface area contributed by atoms with Crippen LogP contribution in [0.5, 0.6) is 0 Å². The van der Waals surface area contributed by atoms with Gasteiger partial charge in [0.05, 0.1) is 12.2 Å². The molecule has 1 fully saturated rings. The van der Waals surface area contributed by atoms with E-state index in [9.17, 15) is 8.42 Å². The lowest BCUT2D eigenvalue weighted by atomic mass is 9.83. The molecule has 2 N–H and O–H groups in total. The van der Waals surface area contributed by atoms with Crippen LogP contribution in [-0.2, 0) is 10.0 Å². The number of nitrogens with zero attached hydrogens (tertiary/aromatic N) is 1. The molecule has 1 atom stereocenters. The van der Waals surface area contributed by atoms with Crippen LogP contribution in [0.4, 0.5) is 0 Å². The van der Waals surface area contributed by atoms with Crippen LogP contribution in [0.2, 0.25) is 0 Å². The van der Waals surface area contributed by atoms with E-state index < -0.39 is 15.3 Å². The highest BCUT2D eigenvalue weighted by Gasteiger charge is 2.29. The third-order valence-electron chi connectivity index (χ3n) is 2.43. The van der Waals surface area contributed by atoms with E-state index in [0.29, 0.717) is 19.4 Å². The van der Waals surface area contributed by atoms with E-state index in [1.165, 1.54) is 6.92 Å². The molecule has 0 aromatic rings. The number of hydrogen-bond donors (Lipinski definition) is 2. The SMILES string of the molecule is CC(C#N)S(=O)(=O)NCC1CC(O)C1. The average Bonchev–Trinajstić information content (AvgIpc) is 2.09. The van der Waals surface area contributed by atoms with Crippen molar-refractivity contribution in [2.45, 2.75) is 31.1 Å². The smallest absolute Gasteiger partial charge is 0.227 e. The van der Waals surface area contributed by atoms with Gasteiger partial charge in [-0.1, -0.05) is 0 Å². The molecule has 80 valence electrons. The molecular weight excluding hydrogens is 204 g/mol. The monoisotopic (exact) mass is 218 g/mol. The summed E-state index contributed by atoms with van der Waals surface area (Å²) in [5, 5.41) is 16.4. The van der Waals surface area contributed by atoms with Gasteiger partial charge in [-0.2, -0.15) is 5.26 Å². The molecule has 1 unspecified atom stereocenters. The van der Waals surface area contributed by atoms with Gasteiger partial charge in [0.25, 0.3) is 0 Å². The molecule has 1 saturated carbocycles. The Morgan fingerprint density at radius 3 is 2.64 bits per heavy atom. The quantitative estimate of drug-likeness (QED) is 0.671. The zero-order chi connectivity index (χ0) is 10.8. The molecule has 6 heteroatoms. The zero-order valence-electron chi connectivity index (χ0n) is 7.97. The summed E-state index contributed by atoms with van der Waals surface area (Å²) in [6.45, 7) is 1.67. The number of nitrogens with one attached hydrogen (secondary N) is 1. The third kappa shape index (κ3) is 2.67. The van der Waals surface area contributed by atoms with E-state index in [-0.39, 0.29) is 12.0 Å². The summed E-state index contributed by atoms with van der Waals surface area (Å²) in [5.41, 5.74) is 0. The van der Waals surface area contributed by atoms with Gasteiger partial charge < -0.3 is 5.11 Å². The maximum atomic E-state index is 11.3. The van der Waals surface area contributed by atoms with Crippen LogP contribution in [0, 0.1) is 17.2 Å². The van der Waals surface area contributed by atoms with Crippen molar-refractivity contribution in [2.24, 2.45) is 5.92 Å². The minimum Gasteiger partial charge on any atom is -0.393 e. The lowest BCUT2D eigenvalue weighted by molar-refractivity contribution is 0.0453. The molecule has 0 aliphatic heterocycles. The average molecular weight is 218 g/mol. The summed E-state index contributed by atoms with van der Waals surface area (Å²) in [7, 11) is -3.49. The normalized spacial score (nSPS) is 28.9. The van der Waals surface area contributed by atoms with Gasteiger partial charge in [-0.3, -0.25) is 0 Å². The topological polar surface area (TPSA) is 90.2 Å². The Balaban J connectivity index is 2.35. The molecule has 0 radical (unpaired) electrons. The van der Waals surface area contributed by atoms with E-state index in [4.69, 9.17) is 10.4 Å². The van der Waals surface area contributed by atoms with Crippen LogP contribution in [0.3, 0.4) is 0 Å². The molecule has 0 bridgehead atoms. The fourth-order valence-electron chi connectivity index (χ4n) is 1.30. The number of rotatable bonds is 4. The van der Waals surface area contributed by atoms with Crippen LogP contribution in [0.1, 0.15) is 19.8 Å². The van der Waals surface area contributed by atoms with E-state index in [2.05, 4.69) is 4.72 Å². The maximum Gasteiger partial charge on any atom is 0.227 e. The lowest BCUT2D eigenvalue weighted by Crippen LogP contribution is -2.40. The van der Waals surface area contributed by atoms with Crippen molar-refractivity contribution in [1.82, 2.24) is 4.72 Å². The first-order valence-corrected chi connectivity index (χ1v) is 6.06. The molecular formula is C8H14N2O3S. The van der Waals surface area contributed by atoms with E-state index in [1.54, 1.807) is 6.07 Å². The van der Waals surface area contributed by atoms with Crippen molar-refractivity contribution in [3.8, 4) is 6.07 Å². The Bertz CT molecular complexity index is 327. The number of sulfonamides is 1. The Hall–Kier alpha value is -0.640. The Morgan fingerprint density at radius 1 is 1.64 bits per heavy atom. The van der Waals surface area contributed by atoms with Gasteiger partial charge >= 0.3 is 0 Å². The molecule has 0 spiro atoms. The summed E-state index contributed by atoms with van der Waals surface area (Å²) in [5.74, 6) is 0.214. The first-order chi connectivity index (χ1) is 6.45. The lowest BCUT2D eigenvalue weighted by Gasteiger charge is -2.31. The van der Waals surface area contributed by atoms with Gasteiger partial charge in [0.15, 0.2) is 5.25 Å². The second-order valence-corrected chi connectivity index (χ2v) is 5.74. The largest absolute Gasteiger partial charge is 0.393 e. The Labute approximate surface area is 83.8 Å². The van der Waals surface area contributed by atoms with E-state index in [1.807, 2.05) is 0 Å². The van der Waals surface area contributed by atoms with Crippen LogP contribution in [0.15, 0.2) is 0 Å². The molecule has 14 heavy (non-hydrogen) atoms. The number of aliphatic hydroxyl groups is 1. The summed E-state index contributed by atoms with van der Waals surface area (Å²) in [4.78, 5) is 0. The fourth-order valence-corrected chi connectivity index (χ4v) is 2.15. The molecule has 5 nitrogen and oxygen atoms in total. The Kier molecular flexibility index (Phi) is 3.48. The minimum absolute atomic E-state index is 0.214. The number of aliphatic hydroxyl groups excluding tert-OH is 1. The van der Waals surface area contributed by atoms with Gasteiger partial charge in [0, 0.05) is 6.54 Å². The number of nitriles is 1. The van der Waals surface area contributed by atoms with Crippen LogP contribution in [0.25, 0.3) is 0 Å². The summed E-state index contributed by atoms with van der Waals surface area (Å²) in [6, 6.07) is 1.67. The van der Waals surface area contributed by atoms with E-state index >= 15 is 0 Å². The van der Waals surface area contributed by atoms with Gasteiger partial charge in [-0.25, -0.2) is 13.1 Å². The highest BCUT2D eigenvalue weighted by atomic mass is 32.2. The van der Waals surface area contributed by atoms with Gasteiger partial charge in [0.1, 0.15) is 0 Å².